The highest BCUT2D eigenvalue weighted by Gasteiger charge is 2.22. The van der Waals surface area contributed by atoms with Gasteiger partial charge < -0.3 is 14.8 Å². The number of nitrogens with one attached hydrogen (secondary N) is 1. The van der Waals surface area contributed by atoms with E-state index in [1.165, 1.54) is 5.56 Å². The van der Waals surface area contributed by atoms with Gasteiger partial charge in [-0.2, -0.15) is 0 Å². The highest BCUT2D eigenvalue weighted by molar-refractivity contribution is 5.36. The van der Waals surface area contributed by atoms with Gasteiger partial charge in [0.2, 0.25) is 0 Å². The van der Waals surface area contributed by atoms with Gasteiger partial charge in [0.25, 0.3) is 0 Å². The van der Waals surface area contributed by atoms with Crippen molar-refractivity contribution in [1.29, 1.82) is 0 Å². The van der Waals surface area contributed by atoms with Crippen LogP contribution in [0.2, 0.25) is 0 Å². The number of ether oxygens (including phenoxy) is 2. The molecule has 2 rings (SSSR count). The van der Waals surface area contributed by atoms with Crippen LogP contribution in [0, 0.1) is 0 Å². The Balaban J connectivity index is 2.07. The van der Waals surface area contributed by atoms with Crippen molar-refractivity contribution < 1.29 is 9.47 Å². The quantitative estimate of drug-likeness (QED) is 0.877. The molecule has 2 unspecified atom stereocenters. The van der Waals surface area contributed by atoms with Crippen molar-refractivity contribution in [2.24, 2.45) is 0 Å². The maximum Gasteiger partial charge on any atom is 0.123 e. The summed E-state index contributed by atoms with van der Waals surface area (Å²) < 4.78 is 11.0. The summed E-state index contributed by atoms with van der Waals surface area (Å²) in [5.41, 5.74) is 1.21. The van der Waals surface area contributed by atoms with E-state index >= 15 is 0 Å². The Labute approximate surface area is 115 Å². The molecule has 4 nitrogen and oxygen atoms in total. The lowest BCUT2D eigenvalue weighted by Gasteiger charge is -2.34. The molecule has 1 fully saturated rings. The molecule has 1 N–H and O–H groups in total. The molecular weight excluding hydrogens is 240 g/mol. The van der Waals surface area contributed by atoms with Gasteiger partial charge >= 0.3 is 0 Å². The zero-order valence-corrected chi connectivity index (χ0v) is 12.1. The maximum atomic E-state index is 5.59. The van der Waals surface area contributed by atoms with Crippen molar-refractivity contribution >= 4 is 0 Å². The molecule has 0 radical (unpaired) electrons. The highest BCUT2D eigenvalue weighted by atomic mass is 16.5. The van der Waals surface area contributed by atoms with Crippen molar-refractivity contribution in [3.05, 3.63) is 29.8 Å². The maximum absolute atomic E-state index is 5.59. The Bertz CT molecular complexity index is 397. The van der Waals surface area contributed by atoms with Gasteiger partial charge in [-0.05, 0) is 20.0 Å². The zero-order valence-electron chi connectivity index (χ0n) is 12.1. The summed E-state index contributed by atoms with van der Waals surface area (Å²) >= 11 is 0. The van der Waals surface area contributed by atoms with E-state index in [1.807, 2.05) is 19.2 Å². The van der Waals surface area contributed by atoms with Gasteiger partial charge in [0.05, 0.1) is 19.8 Å². The third-order valence-corrected chi connectivity index (χ3v) is 3.63. The number of methoxy groups -OCH3 is 1. The second-order valence-electron chi connectivity index (χ2n) is 5.02. The van der Waals surface area contributed by atoms with Crippen LogP contribution >= 0.6 is 0 Å². The molecule has 1 heterocycles. The number of likely N-dealkylation sites (N-methyl/N-ethyl adjacent to an activating group) is 1. The van der Waals surface area contributed by atoms with E-state index < -0.39 is 0 Å². The zero-order chi connectivity index (χ0) is 13.7. The number of para-hydroxylation sites is 1. The number of hydrogen-bond acceptors (Lipinski definition) is 4. The first kappa shape index (κ1) is 14.3. The molecule has 1 aromatic carbocycles. The molecule has 1 aliphatic rings. The molecule has 0 spiro atoms. The fourth-order valence-corrected chi connectivity index (χ4v) is 2.61. The van der Waals surface area contributed by atoms with E-state index in [4.69, 9.17) is 9.47 Å². The second kappa shape index (κ2) is 6.89. The monoisotopic (exact) mass is 264 g/mol. The van der Waals surface area contributed by atoms with Gasteiger partial charge in [-0.1, -0.05) is 18.2 Å². The van der Waals surface area contributed by atoms with E-state index in [0.29, 0.717) is 6.10 Å². The van der Waals surface area contributed by atoms with Crippen molar-refractivity contribution in [2.45, 2.75) is 19.1 Å². The van der Waals surface area contributed by atoms with Crippen LogP contribution in [0.15, 0.2) is 24.3 Å². The fourth-order valence-electron chi connectivity index (χ4n) is 2.61. The normalized spacial score (nSPS) is 22.2. The fraction of sp³-hybridized carbons (Fsp3) is 0.600. The molecule has 1 aromatic rings. The number of benzene rings is 1. The SMILES string of the molecule is CNC(CN1CCOC(C)C1)c1ccccc1OC. The lowest BCUT2D eigenvalue weighted by atomic mass is 10.0. The van der Waals surface area contributed by atoms with Crippen LogP contribution in [-0.2, 0) is 4.74 Å². The van der Waals surface area contributed by atoms with Gasteiger partial charge in [-0.25, -0.2) is 0 Å². The first-order valence-electron chi connectivity index (χ1n) is 6.88. The molecular formula is C15H24N2O2. The number of morpholine rings is 1. The minimum atomic E-state index is 0.279. The largest absolute Gasteiger partial charge is 0.496 e. The Morgan fingerprint density at radius 1 is 1.47 bits per heavy atom. The summed E-state index contributed by atoms with van der Waals surface area (Å²) in [4.78, 5) is 2.45. The molecule has 19 heavy (non-hydrogen) atoms. The van der Waals surface area contributed by atoms with Crippen LogP contribution in [0.5, 0.6) is 5.75 Å². The minimum Gasteiger partial charge on any atom is -0.496 e. The van der Waals surface area contributed by atoms with Crippen molar-refractivity contribution in [2.75, 3.05) is 40.4 Å². The summed E-state index contributed by atoms with van der Waals surface area (Å²) in [5.74, 6) is 0.947. The minimum absolute atomic E-state index is 0.279. The average molecular weight is 264 g/mol. The van der Waals surface area contributed by atoms with Gasteiger partial charge in [0.1, 0.15) is 5.75 Å². The summed E-state index contributed by atoms with van der Waals surface area (Å²) in [6.07, 6.45) is 0.323. The molecule has 0 amide bonds. The molecule has 0 aromatic heterocycles. The lowest BCUT2D eigenvalue weighted by Crippen LogP contribution is -2.44. The molecule has 106 valence electrons. The Morgan fingerprint density at radius 2 is 2.26 bits per heavy atom. The third kappa shape index (κ3) is 3.69. The Morgan fingerprint density at radius 3 is 2.95 bits per heavy atom. The van der Waals surface area contributed by atoms with E-state index in [9.17, 15) is 0 Å². The van der Waals surface area contributed by atoms with Crippen molar-refractivity contribution in [3.63, 3.8) is 0 Å². The van der Waals surface area contributed by atoms with Crippen molar-refractivity contribution in [3.8, 4) is 5.75 Å². The van der Waals surface area contributed by atoms with E-state index in [0.717, 1.165) is 32.0 Å². The molecule has 0 aliphatic carbocycles. The van der Waals surface area contributed by atoms with Crippen LogP contribution in [-0.4, -0.2) is 51.4 Å². The molecule has 0 saturated carbocycles. The first-order chi connectivity index (χ1) is 9.24. The van der Waals surface area contributed by atoms with E-state index in [2.05, 4.69) is 29.3 Å². The van der Waals surface area contributed by atoms with Crippen LogP contribution < -0.4 is 10.1 Å². The molecule has 4 heteroatoms. The first-order valence-corrected chi connectivity index (χ1v) is 6.88. The summed E-state index contributed by atoms with van der Waals surface area (Å²) in [6.45, 7) is 5.92. The van der Waals surface area contributed by atoms with Crippen LogP contribution in [0.4, 0.5) is 0 Å². The Kier molecular flexibility index (Phi) is 5.19. The summed E-state index contributed by atoms with van der Waals surface area (Å²) in [6, 6.07) is 8.49. The Hall–Kier alpha value is -1.10. The van der Waals surface area contributed by atoms with Gasteiger partial charge in [0, 0.05) is 31.2 Å². The third-order valence-electron chi connectivity index (χ3n) is 3.63. The van der Waals surface area contributed by atoms with E-state index in [-0.39, 0.29) is 6.04 Å². The number of hydrogen-bond donors (Lipinski definition) is 1. The second-order valence-corrected chi connectivity index (χ2v) is 5.02. The standard InChI is InChI=1S/C15H24N2O2/c1-12-10-17(8-9-19-12)11-14(16-2)13-6-4-5-7-15(13)18-3/h4-7,12,14,16H,8-11H2,1-3H3. The predicted molar refractivity (Wildman–Crippen MR) is 76.6 cm³/mol. The summed E-state index contributed by atoms with van der Waals surface area (Å²) in [7, 11) is 3.73. The molecule has 1 saturated heterocycles. The van der Waals surface area contributed by atoms with Gasteiger partial charge in [-0.3, -0.25) is 4.90 Å². The molecule has 0 bridgehead atoms. The topological polar surface area (TPSA) is 33.7 Å². The van der Waals surface area contributed by atoms with Crippen LogP contribution in [0.1, 0.15) is 18.5 Å². The van der Waals surface area contributed by atoms with Crippen molar-refractivity contribution in [1.82, 2.24) is 10.2 Å². The molecule has 2 atom stereocenters. The average Bonchev–Trinajstić information content (AvgIpc) is 2.45. The number of nitrogens with zero attached hydrogens (tertiary/aromatic N) is 1. The number of rotatable bonds is 5. The van der Waals surface area contributed by atoms with Crippen LogP contribution in [0.3, 0.4) is 0 Å². The van der Waals surface area contributed by atoms with Crippen LogP contribution in [0.25, 0.3) is 0 Å². The van der Waals surface area contributed by atoms with E-state index in [1.54, 1.807) is 7.11 Å². The smallest absolute Gasteiger partial charge is 0.123 e. The van der Waals surface area contributed by atoms with Gasteiger partial charge in [0.15, 0.2) is 0 Å². The highest BCUT2D eigenvalue weighted by Crippen LogP contribution is 2.25. The van der Waals surface area contributed by atoms with Gasteiger partial charge in [-0.15, -0.1) is 0 Å². The predicted octanol–water partition coefficient (Wildman–Crippen LogP) is 1.68. The summed E-state index contributed by atoms with van der Waals surface area (Å²) in [5, 5.41) is 3.39. The molecule has 1 aliphatic heterocycles. The lowest BCUT2D eigenvalue weighted by molar-refractivity contribution is -0.0209.